The number of carbonyl (C=O) groups excluding carboxylic acids is 1. The Labute approximate surface area is 91.0 Å². The molecule has 0 N–H and O–H groups in total. The van der Waals surface area contributed by atoms with Crippen molar-refractivity contribution in [3.63, 3.8) is 0 Å². The van der Waals surface area contributed by atoms with Crippen molar-refractivity contribution in [2.24, 2.45) is 0 Å². The lowest BCUT2D eigenvalue weighted by Gasteiger charge is -2.02. The van der Waals surface area contributed by atoms with Gasteiger partial charge >= 0.3 is 5.97 Å². The average molecular weight is 226 g/mol. The van der Waals surface area contributed by atoms with Crippen LogP contribution in [0.3, 0.4) is 0 Å². The van der Waals surface area contributed by atoms with Gasteiger partial charge in [0.2, 0.25) is 0 Å². The summed E-state index contributed by atoms with van der Waals surface area (Å²) in [5.74, 6) is 1.30. The molecule has 1 aromatic carbocycles. The summed E-state index contributed by atoms with van der Waals surface area (Å²) in [6.45, 7) is 0. The number of hydrogen-bond acceptors (Lipinski definition) is 3. The highest BCUT2D eigenvalue weighted by atomic mass is 19.1. The lowest BCUT2D eigenvalue weighted by atomic mass is 10.2. The first-order valence-electron chi connectivity index (χ1n) is 4.21. The van der Waals surface area contributed by atoms with E-state index in [1.54, 1.807) is 0 Å². The number of rotatable bonds is 1. The molecule has 0 unspecified atom stereocenters. The molecule has 0 saturated carbocycles. The second kappa shape index (κ2) is 5.12. The molecule has 0 fully saturated rings. The Bertz CT molecular complexity index is 449. The SMILES string of the molecule is COC(=O)C#Cc1cc(F)c(OC)c(F)c1. The molecule has 0 saturated heterocycles. The van der Waals surface area contributed by atoms with Crippen molar-refractivity contribution in [3.05, 3.63) is 29.3 Å². The van der Waals surface area contributed by atoms with Crippen molar-refractivity contribution in [3.8, 4) is 17.6 Å². The second-order valence-corrected chi connectivity index (χ2v) is 2.71. The van der Waals surface area contributed by atoms with E-state index in [4.69, 9.17) is 0 Å². The summed E-state index contributed by atoms with van der Waals surface area (Å²) in [5, 5.41) is 0. The van der Waals surface area contributed by atoms with Gasteiger partial charge in [0.15, 0.2) is 17.4 Å². The molecule has 0 heterocycles. The van der Waals surface area contributed by atoms with Crippen LogP contribution in [0.4, 0.5) is 8.78 Å². The van der Waals surface area contributed by atoms with Crippen molar-refractivity contribution in [1.82, 2.24) is 0 Å². The van der Waals surface area contributed by atoms with Gasteiger partial charge in [0.25, 0.3) is 0 Å². The molecule has 0 aliphatic heterocycles. The van der Waals surface area contributed by atoms with Crippen LogP contribution in [0.25, 0.3) is 0 Å². The maximum atomic E-state index is 13.2. The Morgan fingerprint density at radius 2 is 1.81 bits per heavy atom. The van der Waals surface area contributed by atoms with E-state index < -0.39 is 23.4 Å². The molecule has 0 aliphatic carbocycles. The zero-order valence-corrected chi connectivity index (χ0v) is 8.64. The quantitative estimate of drug-likeness (QED) is 0.537. The largest absolute Gasteiger partial charge is 0.491 e. The summed E-state index contributed by atoms with van der Waals surface area (Å²) in [4.78, 5) is 10.7. The fourth-order valence-electron chi connectivity index (χ4n) is 1.00. The highest BCUT2D eigenvalue weighted by molar-refractivity contribution is 5.89. The van der Waals surface area contributed by atoms with Crippen LogP contribution < -0.4 is 4.74 Å². The Morgan fingerprint density at radius 3 is 2.25 bits per heavy atom. The Balaban J connectivity index is 3.08. The molecular weight excluding hydrogens is 218 g/mol. The van der Waals surface area contributed by atoms with Gasteiger partial charge < -0.3 is 9.47 Å². The molecule has 0 radical (unpaired) electrons. The van der Waals surface area contributed by atoms with Crippen LogP contribution in [0.1, 0.15) is 5.56 Å². The van der Waals surface area contributed by atoms with E-state index in [-0.39, 0.29) is 5.56 Å². The zero-order valence-electron chi connectivity index (χ0n) is 8.64. The highest BCUT2D eigenvalue weighted by Crippen LogP contribution is 2.22. The highest BCUT2D eigenvalue weighted by Gasteiger charge is 2.10. The predicted octanol–water partition coefficient (Wildman–Crippen LogP) is 1.50. The summed E-state index contributed by atoms with van der Waals surface area (Å²) in [7, 11) is 2.31. The van der Waals surface area contributed by atoms with Gasteiger partial charge in [0.05, 0.1) is 14.2 Å². The summed E-state index contributed by atoms with van der Waals surface area (Å²) in [5.41, 5.74) is 0.0289. The Kier molecular flexibility index (Phi) is 3.84. The molecule has 84 valence electrons. The average Bonchev–Trinajstić information content (AvgIpc) is 2.25. The Morgan fingerprint density at radius 1 is 1.25 bits per heavy atom. The van der Waals surface area contributed by atoms with E-state index in [0.717, 1.165) is 26.4 Å². The molecular formula is C11H8F2O3. The molecule has 5 heteroatoms. The van der Waals surface area contributed by atoms with E-state index in [9.17, 15) is 13.6 Å². The molecule has 0 aromatic heterocycles. The molecule has 0 amide bonds. The zero-order chi connectivity index (χ0) is 12.1. The van der Waals surface area contributed by atoms with Crippen LogP contribution in [-0.2, 0) is 9.53 Å². The van der Waals surface area contributed by atoms with Gasteiger partial charge in [0.1, 0.15) is 0 Å². The smallest absolute Gasteiger partial charge is 0.384 e. The van der Waals surface area contributed by atoms with Crippen molar-refractivity contribution >= 4 is 5.97 Å². The lowest BCUT2D eigenvalue weighted by Crippen LogP contribution is -1.96. The summed E-state index contributed by atoms with van der Waals surface area (Å²) >= 11 is 0. The molecule has 1 aromatic rings. The number of ether oxygens (including phenoxy) is 2. The first kappa shape index (κ1) is 12.0. The van der Waals surface area contributed by atoms with Gasteiger partial charge in [-0.15, -0.1) is 0 Å². The fourth-order valence-corrected chi connectivity index (χ4v) is 1.00. The number of hydrogen-bond donors (Lipinski definition) is 0. The van der Waals surface area contributed by atoms with Gasteiger partial charge in [-0.25, -0.2) is 13.6 Å². The van der Waals surface area contributed by atoms with Crippen LogP contribution in [0.15, 0.2) is 12.1 Å². The fraction of sp³-hybridized carbons (Fsp3) is 0.182. The molecule has 0 spiro atoms. The summed E-state index contributed by atoms with van der Waals surface area (Å²) in [6, 6.07) is 1.94. The number of methoxy groups -OCH3 is 2. The van der Waals surface area contributed by atoms with Crippen molar-refractivity contribution < 1.29 is 23.0 Å². The third-order valence-corrected chi connectivity index (χ3v) is 1.70. The standard InChI is InChI=1S/C11H8F2O3/c1-15-10(14)4-3-7-5-8(12)11(16-2)9(13)6-7/h5-6H,1-2H3. The number of halogens is 2. The van der Waals surface area contributed by atoms with Crippen LogP contribution >= 0.6 is 0 Å². The van der Waals surface area contributed by atoms with Crippen LogP contribution in [0, 0.1) is 23.5 Å². The second-order valence-electron chi connectivity index (χ2n) is 2.71. The van der Waals surface area contributed by atoms with Gasteiger partial charge in [-0.05, 0) is 12.1 Å². The van der Waals surface area contributed by atoms with Crippen LogP contribution in [0.5, 0.6) is 5.75 Å². The minimum absolute atomic E-state index is 0.0289. The Hall–Kier alpha value is -2.09. The van der Waals surface area contributed by atoms with Crippen molar-refractivity contribution in [2.75, 3.05) is 14.2 Å². The third-order valence-electron chi connectivity index (χ3n) is 1.70. The molecule has 1 rings (SSSR count). The normalized spacial score (nSPS) is 9.00. The van der Waals surface area contributed by atoms with E-state index >= 15 is 0 Å². The molecule has 16 heavy (non-hydrogen) atoms. The van der Waals surface area contributed by atoms with E-state index in [1.807, 2.05) is 0 Å². The molecule has 0 aliphatic rings. The predicted molar refractivity (Wildman–Crippen MR) is 51.8 cm³/mol. The van der Waals surface area contributed by atoms with E-state index in [1.165, 1.54) is 0 Å². The first-order valence-corrected chi connectivity index (χ1v) is 4.21. The number of esters is 1. The van der Waals surface area contributed by atoms with E-state index in [0.29, 0.717) is 0 Å². The maximum Gasteiger partial charge on any atom is 0.384 e. The van der Waals surface area contributed by atoms with Gasteiger partial charge in [0, 0.05) is 11.5 Å². The molecule has 0 atom stereocenters. The monoisotopic (exact) mass is 226 g/mol. The van der Waals surface area contributed by atoms with E-state index in [2.05, 4.69) is 21.3 Å². The topological polar surface area (TPSA) is 35.5 Å². The van der Waals surface area contributed by atoms with Crippen LogP contribution in [0.2, 0.25) is 0 Å². The summed E-state index contributed by atoms with van der Waals surface area (Å²) < 4.78 is 35.1. The number of carbonyl (C=O) groups is 1. The first-order chi connectivity index (χ1) is 7.58. The number of benzene rings is 1. The lowest BCUT2D eigenvalue weighted by molar-refractivity contribution is -0.133. The maximum absolute atomic E-state index is 13.2. The van der Waals surface area contributed by atoms with Crippen molar-refractivity contribution in [2.45, 2.75) is 0 Å². The third kappa shape index (κ3) is 2.70. The van der Waals surface area contributed by atoms with Gasteiger partial charge in [-0.2, -0.15) is 0 Å². The molecule has 0 bridgehead atoms. The van der Waals surface area contributed by atoms with Crippen molar-refractivity contribution in [1.29, 1.82) is 0 Å². The summed E-state index contributed by atoms with van der Waals surface area (Å²) in [6.07, 6.45) is 0. The minimum Gasteiger partial charge on any atom is -0.491 e. The minimum atomic E-state index is -0.878. The molecule has 3 nitrogen and oxygen atoms in total. The van der Waals surface area contributed by atoms with Gasteiger partial charge in [-0.1, -0.05) is 5.92 Å². The van der Waals surface area contributed by atoms with Gasteiger partial charge in [-0.3, -0.25) is 0 Å². The van der Waals surface area contributed by atoms with Crippen LogP contribution in [-0.4, -0.2) is 20.2 Å².